The van der Waals surface area contributed by atoms with Crippen molar-refractivity contribution in [3.63, 3.8) is 0 Å². The standard InChI is InChI=1S/C19H19N3O4S2/c1-13-19(21-14(2)23)18(26-22-13)10-7-15-5-8-17(9-6-15)28(24,25)20-12-16-4-3-11-27-16/h3-11,20H,12H2,1-2H3,(H,21,23). The first kappa shape index (κ1) is 20.0. The maximum absolute atomic E-state index is 12.4. The topological polar surface area (TPSA) is 101 Å². The Hall–Kier alpha value is -2.75. The molecule has 0 fully saturated rings. The van der Waals surface area contributed by atoms with Crippen LogP contribution >= 0.6 is 11.3 Å². The molecule has 0 radical (unpaired) electrons. The van der Waals surface area contributed by atoms with Crippen LogP contribution in [0.5, 0.6) is 0 Å². The molecule has 3 aromatic rings. The fourth-order valence-corrected chi connectivity index (χ4v) is 4.16. The Bertz CT molecular complexity index is 1080. The second-order valence-corrected chi connectivity index (χ2v) is 8.79. The van der Waals surface area contributed by atoms with Crippen molar-refractivity contribution in [3.05, 3.63) is 63.7 Å². The van der Waals surface area contributed by atoms with Gasteiger partial charge in [-0.1, -0.05) is 29.4 Å². The van der Waals surface area contributed by atoms with E-state index in [1.807, 2.05) is 17.5 Å². The van der Waals surface area contributed by atoms with E-state index in [9.17, 15) is 13.2 Å². The average molecular weight is 418 g/mol. The zero-order valence-electron chi connectivity index (χ0n) is 15.3. The van der Waals surface area contributed by atoms with Crippen molar-refractivity contribution in [2.24, 2.45) is 0 Å². The van der Waals surface area contributed by atoms with Crippen molar-refractivity contribution in [2.45, 2.75) is 25.3 Å². The molecule has 1 amide bonds. The summed E-state index contributed by atoms with van der Waals surface area (Å²) in [4.78, 5) is 12.4. The summed E-state index contributed by atoms with van der Waals surface area (Å²) < 4.78 is 32.6. The van der Waals surface area contributed by atoms with Gasteiger partial charge in [0.2, 0.25) is 15.9 Å². The molecule has 0 unspecified atom stereocenters. The smallest absolute Gasteiger partial charge is 0.240 e. The third-order valence-electron chi connectivity index (χ3n) is 3.82. The van der Waals surface area contributed by atoms with Gasteiger partial charge in [-0.15, -0.1) is 11.3 Å². The summed E-state index contributed by atoms with van der Waals surface area (Å²) in [5.41, 5.74) is 1.87. The van der Waals surface area contributed by atoms with Crippen LogP contribution in [0.3, 0.4) is 0 Å². The lowest BCUT2D eigenvalue weighted by Gasteiger charge is -2.06. The summed E-state index contributed by atoms with van der Waals surface area (Å²) in [6.07, 6.45) is 3.42. The molecular weight excluding hydrogens is 398 g/mol. The molecule has 146 valence electrons. The van der Waals surface area contributed by atoms with Gasteiger partial charge in [-0.25, -0.2) is 13.1 Å². The monoisotopic (exact) mass is 417 g/mol. The van der Waals surface area contributed by atoms with E-state index < -0.39 is 10.0 Å². The molecule has 2 aromatic heterocycles. The summed E-state index contributed by atoms with van der Waals surface area (Å²) in [6.45, 7) is 3.40. The Kier molecular flexibility index (Phi) is 6.08. The van der Waals surface area contributed by atoms with Crippen molar-refractivity contribution in [2.75, 3.05) is 5.32 Å². The first-order chi connectivity index (χ1) is 13.3. The number of rotatable bonds is 7. The summed E-state index contributed by atoms with van der Waals surface area (Å²) in [5.74, 6) is 0.201. The van der Waals surface area contributed by atoms with E-state index in [-0.39, 0.29) is 17.3 Å². The number of thiophene rings is 1. The van der Waals surface area contributed by atoms with Crippen LogP contribution in [0, 0.1) is 6.92 Å². The van der Waals surface area contributed by atoms with Gasteiger partial charge in [0.05, 0.1) is 4.90 Å². The van der Waals surface area contributed by atoms with Crippen LogP contribution < -0.4 is 10.0 Å². The quantitative estimate of drug-likeness (QED) is 0.611. The normalized spacial score (nSPS) is 11.8. The highest BCUT2D eigenvalue weighted by Gasteiger charge is 2.14. The minimum atomic E-state index is -3.58. The van der Waals surface area contributed by atoms with Gasteiger partial charge in [0.15, 0.2) is 5.76 Å². The molecule has 1 aromatic carbocycles. The van der Waals surface area contributed by atoms with Crippen LogP contribution in [0.4, 0.5) is 5.69 Å². The Morgan fingerprint density at radius 2 is 1.96 bits per heavy atom. The van der Waals surface area contributed by atoms with E-state index in [0.717, 1.165) is 10.4 Å². The minimum Gasteiger partial charge on any atom is -0.354 e. The molecule has 0 bridgehead atoms. The maximum Gasteiger partial charge on any atom is 0.240 e. The van der Waals surface area contributed by atoms with Crippen LogP contribution in [0.15, 0.2) is 51.2 Å². The molecule has 2 N–H and O–H groups in total. The molecule has 0 atom stereocenters. The minimum absolute atomic E-state index is 0.190. The maximum atomic E-state index is 12.4. The molecule has 9 heteroatoms. The van der Waals surface area contributed by atoms with E-state index >= 15 is 0 Å². The highest BCUT2D eigenvalue weighted by atomic mass is 32.2. The lowest BCUT2D eigenvalue weighted by atomic mass is 10.2. The SMILES string of the molecule is CC(=O)Nc1c(C)noc1C=Cc1ccc(S(=O)(=O)NCc2cccs2)cc1. The summed E-state index contributed by atoms with van der Waals surface area (Å²) >= 11 is 1.50. The number of nitrogens with zero attached hydrogens (tertiary/aromatic N) is 1. The fraction of sp³-hybridized carbons (Fsp3) is 0.158. The predicted octanol–water partition coefficient (Wildman–Crippen LogP) is 3.65. The Balaban J connectivity index is 1.71. The lowest BCUT2D eigenvalue weighted by Crippen LogP contribution is -2.22. The lowest BCUT2D eigenvalue weighted by molar-refractivity contribution is -0.114. The van der Waals surface area contributed by atoms with E-state index in [1.54, 1.807) is 31.2 Å². The predicted molar refractivity (Wildman–Crippen MR) is 109 cm³/mol. The molecule has 2 heterocycles. The van der Waals surface area contributed by atoms with E-state index in [2.05, 4.69) is 15.2 Å². The summed E-state index contributed by atoms with van der Waals surface area (Å²) in [5, 5.41) is 8.42. The molecule has 28 heavy (non-hydrogen) atoms. The van der Waals surface area contributed by atoms with Gasteiger partial charge in [-0.05, 0) is 42.1 Å². The highest BCUT2D eigenvalue weighted by molar-refractivity contribution is 7.89. The van der Waals surface area contributed by atoms with Crippen molar-refractivity contribution in [3.8, 4) is 0 Å². The molecule has 0 saturated heterocycles. The zero-order chi connectivity index (χ0) is 20.1. The Labute approximate surface area is 167 Å². The van der Waals surface area contributed by atoms with Crippen LogP contribution in [0.25, 0.3) is 12.2 Å². The molecule has 0 spiro atoms. The molecule has 7 nitrogen and oxygen atoms in total. The van der Waals surface area contributed by atoms with Crippen LogP contribution in [0.2, 0.25) is 0 Å². The van der Waals surface area contributed by atoms with E-state index in [1.165, 1.54) is 30.4 Å². The van der Waals surface area contributed by atoms with Crippen molar-refractivity contribution in [1.29, 1.82) is 0 Å². The van der Waals surface area contributed by atoms with Gasteiger partial charge < -0.3 is 9.84 Å². The number of carbonyl (C=O) groups excluding carboxylic acids is 1. The van der Waals surface area contributed by atoms with Crippen LogP contribution in [-0.4, -0.2) is 19.5 Å². The molecule has 0 aliphatic rings. The Morgan fingerprint density at radius 1 is 1.21 bits per heavy atom. The number of sulfonamides is 1. The third-order valence-corrected chi connectivity index (χ3v) is 6.12. The van der Waals surface area contributed by atoms with Gasteiger partial charge in [-0.2, -0.15) is 0 Å². The number of hydrogen-bond donors (Lipinski definition) is 2. The average Bonchev–Trinajstić information content (AvgIpc) is 3.29. The van der Waals surface area contributed by atoms with Crippen LogP contribution in [-0.2, 0) is 21.4 Å². The number of benzene rings is 1. The van der Waals surface area contributed by atoms with Gasteiger partial charge in [-0.3, -0.25) is 4.79 Å². The number of aryl methyl sites for hydroxylation is 1. The van der Waals surface area contributed by atoms with Gasteiger partial charge in [0, 0.05) is 18.3 Å². The molecule has 0 saturated carbocycles. The second-order valence-electron chi connectivity index (χ2n) is 5.99. The molecule has 3 rings (SSSR count). The van der Waals surface area contributed by atoms with Gasteiger partial charge >= 0.3 is 0 Å². The molecule has 0 aliphatic carbocycles. The highest BCUT2D eigenvalue weighted by Crippen LogP contribution is 2.23. The third kappa shape index (κ3) is 4.94. The summed E-state index contributed by atoms with van der Waals surface area (Å²) in [7, 11) is -3.58. The molecular formula is C19H19N3O4S2. The largest absolute Gasteiger partial charge is 0.354 e. The number of amides is 1. The van der Waals surface area contributed by atoms with Crippen LogP contribution in [0.1, 0.15) is 28.8 Å². The van der Waals surface area contributed by atoms with E-state index in [4.69, 9.17) is 4.52 Å². The summed E-state index contributed by atoms with van der Waals surface area (Å²) in [6, 6.07) is 10.2. The van der Waals surface area contributed by atoms with Gasteiger partial charge in [0.25, 0.3) is 0 Å². The fourth-order valence-electron chi connectivity index (χ4n) is 2.42. The number of carbonyl (C=O) groups is 1. The zero-order valence-corrected chi connectivity index (χ0v) is 16.9. The first-order valence-corrected chi connectivity index (χ1v) is 10.8. The second kappa shape index (κ2) is 8.51. The number of anilines is 1. The van der Waals surface area contributed by atoms with Crippen molar-refractivity contribution in [1.82, 2.24) is 9.88 Å². The van der Waals surface area contributed by atoms with Crippen molar-refractivity contribution < 1.29 is 17.7 Å². The number of aromatic nitrogens is 1. The molecule has 0 aliphatic heterocycles. The van der Waals surface area contributed by atoms with Gasteiger partial charge in [0.1, 0.15) is 11.4 Å². The number of hydrogen-bond acceptors (Lipinski definition) is 6. The first-order valence-electron chi connectivity index (χ1n) is 8.39. The van der Waals surface area contributed by atoms with E-state index in [0.29, 0.717) is 17.1 Å². The Morgan fingerprint density at radius 3 is 2.61 bits per heavy atom. The van der Waals surface area contributed by atoms with Crippen molar-refractivity contribution >= 4 is 45.1 Å². The number of nitrogens with one attached hydrogen (secondary N) is 2.